The van der Waals surface area contributed by atoms with Crippen molar-refractivity contribution in [1.29, 1.82) is 0 Å². The van der Waals surface area contributed by atoms with Crippen molar-refractivity contribution in [3.05, 3.63) is 24.3 Å². The second kappa shape index (κ2) is 7.50. The molecule has 2 atom stereocenters. The molecule has 0 aliphatic carbocycles. The maximum Gasteiger partial charge on any atom is 0.142 e. The number of ether oxygens (including phenoxy) is 2. The molecular formula is C16H26N2O2. The molecule has 4 nitrogen and oxygen atoms in total. The lowest BCUT2D eigenvalue weighted by Gasteiger charge is -2.36. The first-order valence-corrected chi connectivity index (χ1v) is 7.43. The van der Waals surface area contributed by atoms with Crippen molar-refractivity contribution in [2.45, 2.75) is 25.9 Å². The van der Waals surface area contributed by atoms with Crippen LogP contribution in [-0.4, -0.2) is 44.4 Å². The molecule has 0 aromatic heterocycles. The van der Waals surface area contributed by atoms with E-state index in [1.54, 1.807) is 0 Å². The molecule has 2 N–H and O–H groups in total. The third kappa shape index (κ3) is 4.12. The standard InChI is InChI=1S/C16H26N2O2/c1-13-8-10-18(12-16(13)19-2)9-5-11-20-15-7-4-3-6-14(15)17/h3-4,6-7,13,16H,5,8-12,17H2,1-2H3. The van der Waals surface area contributed by atoms with Crippen molar-refractivity contribution < 1.29 is 9.47 Å². The first-order chi connectivity index (χ1) is 9.70. The minimum atomic E-state index is 0.370. The van der Waals surface area contributed by atoms with Gasteiger partial charge in [-0.1, -0.05) is 19.1 Å². The third-order valence-electron chi connectivity index (χ3n) is 4.07. The number of piperidine rings is 1. The Morgan fingerprint density at radius 2 is 2.15 bits per heavy atom. The minimum absolute atomic E-state index is 0.370. The monoisotopic (exact) mass is 278 g/mol. The fraction of sp³-hybridized carbons (Fsp3) is 0.625. The highest BCUT2D eigenvalue weighted by molar-refractivity contribution is 5.51. The maximum atomic E-state index is 5.85. The molecular weight excluding hydrogens is 252 g/mol. The van der Waals surface area contributed by atoms with Crippen LogP contribution in [0.2, 0.25) is 0 Å². The molecule has 20 heavy (non-hydrogen) atoms. The molecule has 1 aliphatic heterocycles. The highest BCUT2D eigenvalue weighted by Crippen LogP contribution is 2.21. The van der Waals surface area contributed by atoms with Gasteiger partial charge in [0.15, 0.2) is 0 Å². The van der Waals surface area contributed by atoms with Crippen LogP contribution in [0.25, 0.3) is 0 Å². The van der Waals surface area contributed by atoms with Gasteiger partial charge in [-0.3, -0.25) is 0 Å². The number of nitrogens with two attached hydrogens (primary N) is 1. The van der Waals surface area contributed by atoms with Gasteiger partial charge in [0.05, 0.1) is 18.4 Å². The van der Waals surface area contributed by atoms with Crippen molar-refractivity contribution in [2.75, 3.05) is 39.1 Å². The molecule has 0 bridgehead atoms. The molecule has 112 valence electrons. The molecule has 4 heteroatoms. The molecule has 2 unspecified atom stereocenters. The zero-order chi connectivity index (χ0) is 14.4. The Bertz CT molecular complexity index is 411. The Labute approximate surface area is 121 Å². The zero-order valence-corrected chi connectivity index (χ0v) is 12.5. The van der Waals surface area contributed by atoms with Gasteiger partial charge in [-0.15, -0.1) is 0 Å². The first kappa shape index (κ1) is 15.1. The second-order valence-corrected chi connectivity index (χ2v) is 5.58. The van der Waals surface area contributed by atoms with E-state index in [9.17, 15) is 0 Å². The highest BCUT2D eigenvalue weighted by atomic mass is 16.5. The number of nitrogens with zero attached hydrogens (tertiary/aromatic N) is 1. The van der Waals surface area contributed by atoms with Crippen molar-refractivity contribution in [1.82, 2.24) is 4.90 Å². The smallest absolute Gasteiger partial charge is 0.142 e. The Morgan fingerprint density at radius 1 is 1.35 bits per heavy atom. The third-order valence-corrected chi connectivity index (χ3v) is 4.07. The number of methoxy groups -OCH3 is 1. The summed E-state index contributed by atoms with van der Waals surface area (Å²) in [5.74, 6) is 1.45. The predicted molar refractivity (Wildman–Crippen MR) is 82.0 cm³/mol. The average Bonchev–Trinajstić information content (AvgIpc) is 2.47. The summed E-state index contributed by atoms with van der Waals surface area (Å²) >= 11 is 0. The molecule has 0 amide bonds. The van der Waals surface area contributed by atoms with E-state index < -0.39 is 0 Å². The summed E-state index contributed by atoms with van der Waals surface area (Å²) in [7, 11) is 1.81. The van der Waals surface area contributed by atoms with E-state index in [2.05, 4.69) is 11.8 Å². The van der Waals surface area contributed by atoms with E-state index in [1.807, 2.05) is 31.4 Å². The minimum Gasteiger partial charge on any atom is -0.491 e. The summed E-state index contributed by atoms with van der Waals surface area (Å²) in [5.41, 5.74) is 6.55. The van der Waals surface area contributed by atoms with Crippen LogP contribution < -0.4 is 10.5 Å². The number of para-hydroxylation sites is 2. The number of anilines is 1. The van der Waals surface area contributed by atoms with Gasteiger partial charge >= 0.3 is 0 Å². The van der Waals surface area contributed by atoms with Gasteiger partial charge in [-0.05, 0) is 37.4 Å². The van der Waals surface area contributed by atoms with E-state index in [1.165, 1.54) is 6.42 Å². The normalized spacial score (nSPS) is 23.7. The lowest BCUT2D eigenvalue weighted by molar-refractivity contribution is -0.00592. The van der Waals surface area contributed by atoms with Crippen LogP contribution in [-0.2, 0) is 4.74 Å². The summed E-state index contributed by atoms with van der Waals surface area (Å²) in [4.78, 5) is 2.46. The number of hydrogen-bond acceptors (Lipinski definition) is 4. The molecule has 1 heterocycles. The molecule has 0 radical (unpaired) electrons. The molecule has 1 saturated heterocycles. The van der Waals surface area contributed by atoms with E-state index in [4.69, 9.17) is 15.2 Å². The molecule has 1 aromatic carbocycles. The van der Waals surface area contributed by atoms with Gasteiger partial charge in [0.25, 0.3) is 0 Å². The van der Waals surface area contributed by atoms with Gasteiger partial charge in [0, 0.05) is 20.2 Å². The van der Waals surface area contributed by atoms with Crippen molar-refractivity contribution in [3.63, 3.8) is 0 Å². The van der Waals surface area contributed by atoms with Gasteiger partial charge in [0.2, 0.25) is 0 Å². The number of rotatable bonds is 6. The lowest BCUT2D eigenvalue weighted by atomic mass is 9.96. The van der Waals surface area contributed by atoms with Crippen LogP contribution in [0, 0.1) is 5.92 Å². The first-order valence-electron chi connectivity index (χ1n) is 7.43. The van der Waals surface area contributed by atoms with Gasteiger partial charge < -0.3 is 20.1 Å². The number of nitrogen functional groups attached to an aromatic ring is 1. The summed E-state index contributed by atoms with van der Waals surface area (Å²) in [6, 6.07) is 7.65. The Balaban J connectivity index is 1.67. The maximum absolute atomic E-state index is 5.85. The zero-order valence-electron chi connectivity index (χ0n) is 12.5. The summed E-state index contributed by atoms with van der Waals surface area (Å²) in [5, 5.41) is 0. The van der Waals surface area contributed by atoms with E-state index in [0.29, 0.717) is 24.3 Å². The molecule has 1 aliphatic rings. The van der Waals surface area contributed by atoms with Gasteiger partial charge in [0.1, 0.15) is 5.75 Å². The number of benzene rings is 1. The van der Waals surface area contributed by atoms with Gasteiger partial charge in [-0.25, -0.2) is 0 Å². The summed E-state index contributed by atoms with van der Waals surface area (Å²) in [6.45, 7) is 6.23. The summed E-state index contributed by atoms with van der Waals surface area (Å²) in [6.07, 6.45) is 2.60. The van der Waals surface area contributed by atoms with Crippen molar-refractivity contribution in [2.24, 2.45) is 5.92 Å². The Morgan fingerprint density at radius 3 is 2.90 bits per heavy atom. The lowest BCUT2D eigenvalue weighted by Crippen LogP contribution is -2.44. The van der Waals surface area contributed by atoms with Crippen molar-refractivity contribution >= 4 is 5.69 Å². The molecule has 0 spiro atoms. The van der Waals surface area contributed by atoms with Crippen molar-refractivity contribution in [3.8, 4) is 5.75 Å². The quantitative estimate of drug-likeness (QED) is 0.641. The predicted octanol–water partition coefficient (Wildman–Crippen LogP) is 2.39. The van der Waals surface area contributed by atoms with Crippen LogP contribution in [0.4, 0.5) is 5.69 Å². The second-order valence-electron chi connectivity index (χ2n) is 5.58. The van der Waals surface area contributed by atoms with Crippen LogP contribution in [0.1, 0.15) is 19.8 Å². The van der Waals surface area contributed by atoms with E-state index >= 15 is 0 Å². The Kier molecular flexibility index (Phi) is 5.68. The molecule has 2 rings (SSSR count). The fourth-order valence-electron chi connectivity index (χ4n) is 2.69. The van der Waals surface area contributed by atoms with Crippen LogP contribution >= 0.6 is 0 Å². The van der Waals surface area contributed by atoms with Gasteiger partial charge in [-0.2, -0.15) is 0 Å². The number of hydrogen-bond donors (Lipinski definition) is 1. The summed E-state index contributed by atoms with van der Waals surface area (Å²) < 4.78 is 11.3. The largest absolute Gasteiger partial charge is 0.491 e. The van der Waals surface area contributed by atoms with Crippen LogP contribution in [0.15, 0.2) is 24.3 Å². The van der Waals surface area contributed by atoms with E-state index in [-0.39, 0.29) is 0 Å². The Hall–Kier alpha value is -1.26. The molecule has 1 fully saturated rings. The highest BCUT2D eigenvalue weighted by Gasteiger charge is 2.25. The number of likely N-dealkylation sites (tertiary alicyclic amines) is 1. The fourth-order valence-corrected chi connectivity index (χ4v) is 2.69. The van der Waals surface area contributed by atoms with E-state index in [0.717, 1.165) is 31.8 Å². The van der Waals surface area contributed by atoms with Crippen LogP contribution in [0.3, 0.4) is 0 Å². The molecule has 1 aromatic rings. The average molecular weight is 278 g/mol. The molecule has 0 saturated carbocycles. The topological polar surface area (TPSA) is 47.7 Å². The van der Waals surface area contributed by atoms with Crippen LogP contribution in [0.5, 0.6) is 5.75 Å². The SMILES string of the molecule is COC1CN(CCCOc2ccccc2N)CCC1C.